The van der Waals surface area contributed by atoms with Gasteiger partial charge in [-0.1, -0.05) is 24.3 Å². The van der Waals surface area contributed by atoms with Gasteiger partial charge < -0.3 is 0 Å². The normalized spacial score (nSPS) is 12.3. The first-order valence-electron chi connectivity index (χ1n) is 6.59. The minimum absolute atomic E-state index is 0. The second-order valence-corrected chi connectivity index (χ2v) is 4.35. The van der Waals surface area contributed by atoms with Crippen molar-refractivity contribution in [1.29, 1.82) is 10.5 Å². The van der Waals surface area contributed by atoms with Crippen LogP contribution in [-0.2, 0) is 16.5 Å². The van der Waals surface area contributed by atoms with Crippen LogP contribution in [0, 0.1) is 32.8 Å². The van der Waals surface area contributed by atoms with Gasteiger partial charge in [-0.15, -0.1) is 0 Å². The van der Waals surface area contributed by atoms with Crippen molar-refractivity contribution in [2.75, 3.05) is 0 Å². The molecule has 2 rings (SSSR count). The van der Waals surface area contributed by atoms with Crippen molar-refractivity contribution in [1.82, 2.24) is 0 Å². The summed E-state index contributed by atoms with van der Waals surface area (Å²) in [5.41, 5.74) is -0.0136. The average Bonchev–Trinajstić information content (AvgIpc) is 2.46. The van der Waals surface area contributed by atoms with Gasteiger partial charge in [0.05, 0.1) is 16.1 Å². The van der Waals surface area contributed by atoms with E-state index in [1.807, 2.05) is 0 Å². The third kappa shape index (κ3) is 6.84. The van der Waals surface area contributed by atoms with Gasteiger partial charge >= 0.3 is 0 Å². The maximum Gasteiger partial charge on any atom is 0.270 e. The molecule has 0 saturated heterocycles. The summed E-state index contributed by atoms with van der Waals surface area (Å²) in [4.78, 5) is 9.67. The number of non-ortho nitro benzene ring substituents is 1. The predicted octanol–water partition coefficient (Wildman–Crippen LogP) is 4.01. The number of allylic oxidation sites excluding steroid dienone is 4. The maximum atomic E-state index is 10.3. The van der Waals surface area contributed by atoms with E-state index in [2.05, 4.69) is 24.3 Å². The summed E-state index contributed by atoms with van der Waals surface area (Å²) in [6, 6.07) is 7.02. The van der Waals surface area contributed by atoms with Crippen molar-refractivity contribution < 1.29 is 21.4 Å². The largest absolute Gasteiger partial charge is 0.270 e. The van der Waals surface area contributed by atoms with E-state index in [-0.39, 0.29) is 33.3 Å². The molecule has 0 spiro atoms. The minimum atomic E-state index is -0.609. The minimum Gasteiger partial charge on any atom is -0.258 e. The van der Waals surface area contributed by atoms with E-state index in [4.69, 9.17) is 10.5 Å². The number of rotatable bonds is 1. The smallest absolute Gasteiger partial charge is 0.258 e. The Morgan fingerprint density at radius 3 is 2.00 bits per heavy atom. The fourth-order valence-electron chi connectivity index (χ4n) is 1.71. The molecular weight excluding hydrogens is 325 g/mol. The van der Waals surface area contributed by atoms with E-state index in [9.17, 15) is 10.1 Å². The van der Waals surface area contributed by atoms with Crippen LogP contribution in [0.4, 0.5) is 5.69 Å². The molecular formula is C16H15N3NiO2. The van der Waals surface area contributed by atoms with Crippen LogP contribution >= 0.6 is 0 Å². The summed E-state index contributed by atoms with van der Waals surface area (Å²) in [5.74, 6) is 0. The summed E-state index contributed by atoms with van der Waals surface area (Å²) in [5, 5.41) is 27.3. The van der Waals surface area contributed by atoms with E-state index < -0.39 is 4.92 Å². The topological polar surface area (TPSA) is 90.7 Å². The van der Waals surface area contributed by atoms with Crippen LogP contribution < -0.4 is 0 Å². The van der Waals surface area contributed by atoms with Crippen LogP contribution in [-0.4, -0.2) is 4.92 Å². The van der Waals surface area contributed by atoms with Crippen molar-refractivity contribution in [3.63, 3.8) is 0 Å². The summed E-state index contributed by atoms with van der Waals surface area (Å²) in [6.45, 7) is 0. The first-order chi connectivity index (χ1) is 10.2. The number of nitrogens with zero attached hydrogens (tertiary/aromatic N) is 3. The zero-order valence-corrected chi connectivity index (χ0v) is 12.8. The standard InChI is InChI=1S/C8H3N3O2.C8H12.Ni/c9-4-6-1-2-8(11(12)13)3-7(6)5-10;1-2-4-6-8-7-5-3-1;/h1-3H;1-4H,5-8H2;. The molecule has 22 heavy (non-hydrogen) atoms. The molecule has 116 valence electrons. The SMILES string of the molecule is C1=CCCCCC=C1.N#Cc1ccc([N+](=O)[O-])cc1C#N.[Ni]. The van der Waals surface area contributed by atoms with Gasteiger partial charge in [-0.05, 0) is 31.7 Å². The molecule has 1 aromatic rings. The molecule has 1 aromatic carbocycles. The molecule has 0 N–H and O–H groups in total. The van der Waals surface area contributed by atoms with E-state index in [0.29, 0.717) is 0 Å². The monoisotopic (exact) mass is 339 g/mol. The Labute approximate surface area is 139 Å². The zero-order chi connectivity index (χ0) is 15.5. The van der Waals surface area contributed by atoms with Crippen molar-refractivity contribution >= 4 is 5.69 Å². The predicted molar refractivity (Wildman–Crippen MR) is 79.3 cm³/mol. The van der Waals surface area contributed by atoms with Gasteiger partial charge in [0, 0.05) is 28.6 Å². The second-order valence-electron chi connectivity index (χ2n) is 4.35. The summed E-state index contributed by atoms with van der Waals surface area (Å²) < 4.78 is 0. The Hall–Kier alpha value is -2.43. The molecule has 0 heterocycles. The number of nitro benzene ring substituents is 1. The molecule has 0 fully saturated rings. The van der Waals surface area contributed by atoms with Gasteiger partial charge in [0.15, 0.2) is 0 Å². The molecule has 1 aliphatic rings. The second kappa shape index (κ2) is 11.3. The van der Waals surface area contributed by atoms with E-state index >= 15 is 0 Å². The molecule has 0 unspecified atom stereocenters. The van der Waals surface area contributed by atoms with Crippen molar-refractivity contribution in [3.8, 4) is 12.1 Å². The molecule has 0 radical (unpaired) electrons. The van der Waals surface area contributed by atoms with Crippen LogP contribution in [0.2, 0.25) is 0 Å². The third-order valence-electron chi connectivity index (χ3n) is 2.83. The van der Waals surface area contributed by atoms with Gasteiger partial charge in [-0.25, -0.2) is 0 Å². The third-order valence-corrected chi connectivity index (χ3v) is 2.83. The van der Waals surface area contributed by atoms with Crippen LogP contribution in [0.25, 0.3) is 0 Å². The zero-order valence-electron chi connectivity index (χ0n) is 11.8. The molecule has 0 atom stereocenters. The molecule has 0 saturated carbocycles. The Kier molecular flexibility index (Phi) is 10.0. The summed E-state index contributed by atoms with van der Waals surface area (Å²) in [6.07, 6.45) is 14.0. The van der Waals surface area contributed by atoms with Gasteiger partial charge in [0.25, 0.3) is 5.69 Å². The van der Waals surface area contributed by atoms with Crippen molar-refractivity contribution in [2.24, 2.45) is 0 Å². The number of hydrogen-bond donors (Lipinski definition) is 0. The van der Waals surface area contributed by atoms with Crippen molar-refractivity contribution in [2.45, 2.75) is 25.7 Å². The Bertz CT molecular complexity index is 626. The summed E-state index contributed by atoms with van der Waals surface area (Å²) >= 11 is 0. The fraction of sp³-hybridized carbons (Fsp3) is 0.250. The van der Waals surface area contributed by atoms with Crippen LogP contribution in [0.5, 0.6) is 0 Å². The Morgan fingerprint density at radius 2 is 1.55 bits per heavy atom. The molecule has 6 heteroatoms. The molecule has 0 amide bonds. The van der Waals surface area contributed by atoms with Gasteiger partial charge in [-0.2, -0.15) is 10.5 Å². The molecule has 5 nitrogen and oxygen atoms in total. The quantitative estimate of drug-likeness (QED) is 0.439. The van der Waals surface area contributed by atoms with Crippen LogP contribution in [0.3, 0.4) is 0 Å². The maximum absolute atomic E-state index is 10.3. The van der Waals surface area contributed by atoms with Crippen LogP contribution in [0.1, 0.15) is 36.8 Å². The first-order valence-corrected chi connectivity index (χ1v) is 6.59. The molecule has 1 aliphatic carbocycles. The van der Waals surface area contributed by atoms with Crippen LogP contribution in [0.15, 0.2) is 42.5 Å². The first kappa shape index (κ1) is 19.6. The molecule has 0 bridgehead atoms. The summed E-state index contributed by atoms with van der Waals surface area (Å²) in [7, 11) is 0. The fourth-order valence-corrected chi connectivity index (χ4v) is 1.71. The average molecular weight is 340 g/mol. The number of hydrogen-bond acceptors (Lipinski definition) is 4. The Morgan fingerprint density at radius 1 is 1.00 bits per heavy atom. The molecule has 0 aliphatic heterocycles. The van der Waals surface area contributed by atoms with Gasteiger partial charge in [-0.3, -0.25) is 10.1 Å². The number of benzene rings is 1. The Balaban J connectivity index is 0.000000423. The number of nitriles is 2. The van der Waals surface area contributed by atoms with Gasteiger partial charge in [0.1, 0.15) is 12.1 Å². The van der Waals surface area contributed by atoms with E-state index in [0.717, 1.165) is 6.07 Å². The van der Waals surface area contributed by atoms with E-state index in [1.165, 1.54) is 37.8 Å². The molecule has 0 aromatic heterocycles. The van der Waals surface area contributed by atoms with Gasteiger partial charge in [0.2, 0.25) is 0 Å². The van der Waals surface area contributed by atoms with Crippen molar-refractivity contribution in [3.05, 3.63) is 63.7 Å². The van der Waals surface area contributed by atoms with E-state index in [1.54, 1.807) is 12.1 Å². The number of nitro groups is 1.